The third-order valence-corrected chi connectivity index (χ3v) is 2.27. The van der Waals surface area contributed by atoms with Crippen molar-refractivity contribution >= 4 is 5.69 Å². The highest BCUT2D eigenvalue weighted by Crippen LogP contribution is 2.23. The van der Waals surface area contributed by atoms with E-state index in [-0.39, 0.29) is 5.69 Å². The van der Waals surface area contributed by atoms with Crippen LogP contribution in [0.5, 0.6) is 0 Å². The molecular weight excluding hydrogens is 257 g/mol. The third-order valence-electron chi connectivity index (χ3n) is 2.27. The lowest BCUT2D eigenvalue weighted by Crippen LogP contribution is -2.11. The molecule has 0 radical (unpaired) electrons. The van der Waals surface area contributed by atoms with Crippen LogP contribution < -0.4 is 5.73 Å². The normalized spacial score (nSPS) is 10.9. The van der Waals surface area contributed by atoms with Crippen molar-refractivity contribution in [2.45, 2.75) is 6.54 Å². The van der Waals surface area contributed by atoms with Crippen molar-refractivity contribution in [2.75, 3.05) is 5.73 Å². The molecule has 18 heavy (non-hydrogen) atoms. The molecule has 3 nitrogen and oxygen atoms in total. The Morgan fingerprint density at radius 2 is 1.44 bits per heavy atom. The number of aromatic nitrogens is 2. The van der Waals surface area contributed by atoms with Crippen LogP contribution in [0.4, 0.5) is 27.6 Å². The molecule has 0 spiro atoms. The standard InChI is InChI=1S/C10H6F5N3/c11-6-5(3-18-2-4(16)1-17-18)7(12)9(14)10(15)8(6)13/h1-2H,3,16H2. The molecule has 0 aliphatic carbocycles. The van der Waals surface area contributed by atoms with E-state index in [0.717, 1.165) is 4.68 Å². The van der Waals surface area contributed by atoms with Gasteiger partial charge in [0.05, 0.1) is 24.0 Å². The molecule has 2 aromatic rings. The number of anilines is 1. The lowest BCUT2D eigenvalue weighted by Gasteiger charge is -2.08. The van der Waals surface area contributed by atoms with Crippen LogP contribution in [-0.2, 0) is 6.54 Å². The highest BCUT2D eigenvalue weighted by atomic mass is 19.2. The maximum Gasteiger partial charge on any atom is 0.200 e. The van der Waals surface area contributed by atoms with Gasteiger partial charge in [-0.3, -0.25) is 4.68 Å². The zero-order valence-corrected chi connectivity index (χ0v) is 8.72. The quantitative estimate of drug-likeness (QED) is 0.513. The Balaban J connectivity index is 2.51. The van der Waals surface area contributed by atoms with Crippen LogP contribution in [0.3, 0.4) is 0 Å². The molecule has 2 N–H and O–H groups in total. The summed E-state index contributed by atoms with van der Waals surface area (Å²) in [6.07, 6.45) is 2.39. The average molecular weight is 263 g/mol. The van der Waals surface area contributed by atoms with Crippen molar-refractivity contribution in [3.05, 3.63) is 47.0 Å². The minimum absolute atomic E-state index is 0.207. The maximum atomic E-state index is 13.3. The number of nitrogens with zero attached hydrogens (tertiary/aromatic N) is 2. The summed E-state index contributed by atoms with van der Waals surface area (Å²) in [5.41, 5.74) is 4.56. The van der Waals surface area contributed by atoms with E-state index in [1.54, 1.807) is 0 Å². The van der Waals surface area contributed by atoms with Crippen LogP contribution >= 0.6 is 0 Å². The summed E-state index contributed by atoms with van der Waals surface area (Å²) < 4.78 is 66.1. The van der Waals surface area contributed by atoms with Crippen molar-refractivity contribution in [1.29, 1.82) is 0 Å². The molecule has 0 saturated heterocycles. The summed E-state index contributed by atoms with van der Waals surface area (Å²) in [4.78, 5) is 0. The van der Waals surface area contributed by atoms with Crippen molar-refractivity contribution in [3.63, 3.8) is 0 Å². The second-order valence-electron chi connectivity index (χ2n) is 3.52. The molecule has 1 aromatic carbocycles. The smallest absolute Gasteiger partial charge is 0.200 e. The SMILES string of the molecule is Nc1cnn(Cc2c(F)c(F)c(F)c(F)c2F)c1. The second kappa shape index (κ2) is 4.28. The Labute approximate surface area is 97.6 Å². The van der Waals surface area contributed by atoms with Gasteiger partial charge in [-0.2, -0.15) is 5.10 Å². The Bertz CT molecular complexity index is 579. The number of nitrogens with two attached hydrogens (primary N) is 1. The van der Waals surface area contributed by atoms with Gasteiger partial charge in [0, 0.05) is 6.20 Å². The molecule has 8 heteroatoms. The van der Waals surface area contributed by atoms with Gasteiger partial charge in [0.1, 0.15) is 0 Å². The van der Waals surface area contributed by atoms with E-state index in [2.05, 4.69) is 5.10 Å². The number of halogens is 5. The number of nitrogen functional groups attached to an aromatic ring is 1. The molecule has 0 aliphatic rings. The molecule has 0 saturated carbocycles. The summed E-state index contributed by atoms with van der Waals surface area (Å²) in [6.45, 7) is -0.608. The first-order chi connectivity index (χ1) is 8.41. The molecule has 0 unspecified atom stereocenters. The summed E-state index contributed by atoms with van der Waals surface area (Å²) in [5, 5.41) is 3.59. The van der Waals surface area contributed by atoms with Gasteiger partial charge in [-0.05, 0) is 0 Å². The fourth-order valence-corrected chi connectivity index (χ4v) is 1.42. The molecule has 0 fully saturated rings. The zero-order chi connectivity index (χ0) is 13.4. The van der Waals surface area contributed by atoms with Gasteiger partial charge in [-0.25, -0.2) is 22.0 Å². The van der Waals surface area contributed by atoms with Crippen molar-refractivity contribution < 1.29 is 22.0 Å². The molecule has 1 heterocycles. The largest absolute Gasteiger partial charge is 0.396 e. The van der Waals surface area contributed by atoms with Crippen LogP contribution in [-0.4, -0.2) is 9.78 Å². The molecule has 0 bridgehead atoms. The molecule has 1 aromatic heterocycles. The Kier molecular flexibility index (Phi) is 2.93. The fourth-order valence-electron chi connectivity index (χ4n) is 1.42. The van der Waals surface area contributed by atoms with Crippen LogP contribution in [0.1, 0.15) is 5.56 Å². The van der Waals surface area contributed by atoms with Crippen molar-refractivity contribution in [2.24, 2.45) is 0 Å². The van der Waals surface area contributed by atoms with E-state index in [4.69, 9.17) is 5.73 Å². The molecule has 96 valence electrons. The number of benzene rings is 1. The van der Waals surface area contributed by atoms with E-state index in [1.165, 1.54) is 12.4 Å². The summed E-state index contributed by atoms with van der Waals surface area (Å²) in [7, 11) is 0. The average Bonchev–Trinajstić information content (AvgIpc) is 2.75. The van der Waals surface area contributed by atoms with Crippen LogP contribution in [0.25, 0.3) is 0 Å². The van der Waals surface area contributed by atoms with E-state index in [1.807, 2.05) is 0 Å². The van der Waals surface area contributed by atoms with Crippen molar-refractivity contribution in [1.82, 2.24) is 9.78 Å². The highest BCUT2D eigenvalue weighted by molar-refractivity contribution is 5.31. The molecule has 0 atom stereocenters. The molecule has 0 amide bonds. The zero-order valence-electron chi connectivity index (χ0n) is 8.72. The van der Waals surface area contributed by atoms with Gasteiger partial charge in [-0.15, -0.1) is 0 Å². The van der Waals surface area contributed by atoms with E-state index in [9.17, 15) is 22.0 Å². The van der Waals surface area contributed by atoms with E-state index in [0.29, 0.717) is 0 Å². The minimum atomic E-state index is -2.19. The maximum absolute atomic E-state index is 13.3. The molecule has 2 rings (SSSR count). The minimum Gasteiger partial charge on any atom is -0.396 e. The lowest BCUT2D eigenvalue weighted by atomic mass is 10.1. The second-order valence-corrected chi connectivity index (χ2v) is 3.52. The fraction of sp³-hybridized carbons (Fsp3) is 0.100. The Morgan fingerprint density at radius 3 is 1.89 bits per heavy atom. The highest BCUT2D eigenvalue weighted by Gasteiger charge is 2.25. The number of hydrogen-bond donors (Lipinski definition) is 1. The monoisotopic (exact) mass is 263 g/mol. The van der Waals surface area contributed by atoms with Gasteiger partial charge in [0.2, 0.25) is 5.82 Å². The predicted molar refractivity (Wildman–Crippen MR) is 52.0 cm³/mol. The van der Waals surface area contributed by atoms with Gasteiger partial charge >= 0.3 is 0 Å². The van der Waals surface area contributed by atoms with Gasteiger partial charge in [0.15, 0.2) is 23.3 Å². The summed E-state index contributed by atoms with van der Waals surface area (Å²) in [5.74, 6) is -9.90. The van der Waals surface area contributed by atoms with Gasteiger partial charge in [0.25, 0.3) is 0 Å². The third kappa shape index (κ3) is 1.89. The first kappa shape index (κ1) is 12.3. The van der Waals surface area contributed by atoms with Gasteiger partial charge < -0.3 is 5.73 Å². The number of hydrogen-bond acceptors (Lipinski definition) is 2. The van der Waals surface area contributed by atoms with Gasteiger partial charge in [-0.1, -0.05) is 0 Å². The lowest BCUT2D eigenvalue weighted by molar-refractivity contribution is 0.367. The van der Waals surface area contributed by atoms with E-state index < -0.39 is 41.2 Å². The first-order valence-corrected chi connectivity index (χ1v) is 4.70. The Morgan fingerprint density at radius 1 is 0.944 bits per heavy atom. The van der Waals surface area contributed by atoms with Crippen LogP contribution in [0, 0.1) is 29.1 Å². The predicted octanol–water partition coefficient (Wildman–Crippen LogP) is 2.21. The number of rotatable bonds is 2. The first-order valence-electron chi connectivity index (χ1n) is 4.70. The molecule has 0 aliphatic heterocycles. The topological polar surface area (TPSA) is 43.8 Å². The van der Waals surface area contributed by atoms with E-state index >= 15 is 0 Å². The summed E-state index contributed by atoms with van der Waals surface area (Å²) in [6, 6.07) is 0. The molecular formula is C10H6F5N3. The Hall–Kier alpha value is -2.12. The van der Waals surface area contributed by atoms with Crippen LogP contribution in [0.15, 0.2) is 12.4 Å². The van der Waals surface area contributed by atoms with Crippen LogP contribution in [0.2, 0.25) is 0 Å². The van der Waals surface area contributed by atoms with Crippen molar-refractivity contribution in [3.8, 4) is 0 Å². The summed E-state index contributed by atoms with van der Waals surface area (Å²) >= 11 is 0.